The molecule has 0 aromatic carbocycles. The van der Waals surface area contributed by atoms with Crippen molar-refractivity contribution in [2.75, 3.05) is 50.8 Å². The van der Waals surface area contributed by atoms with Crippen LogP contribution in [-0.2, 0) is 0 Å². The van der Waals surface area contributed by atoms with Gasteiger partial charge in [-0.2, -0.15) is 0 Å². The summed E-state index contributed by atoms with van der Waals surface area (Å²) >= 11 is 0. The minimum absolute atomic E-state index is 1.18. The smallest absolute Gasteiger partial charge is 0.0165 e. The second-order valence-electron chi connectivity index (χ2n) is 3.70. The SMILES string of the molecule is [13CH3]CN(C[13CH3])CCSSCCN(C[13CH3])C[13CH3]. The first-order valence-corrected chi connectivity index (χ1v) is 8.96. The van der Waals surface area contributed by atoms with Gasteiger partial charge in [-0.1, -0.05) is 49.3 Å². The molecule has 0 N–H and O–H groups in total. The largest absolute Gasteiger partial charge is 0.303 e. The molecular formula is C12H28N2S2. The molecule has 0 bridgehead atoms. The van der Waals surface area contributed by atoms with Gasteiger partial charge in [0.05, 0.1) is 0 Å². The first kappa shape index (κ1) is 16.6. The highest BCUT2D eigenvalue weighted by Gasteiger charge is 2.00. The van der Waals surface area contributed by atoms with Gasteiger partial charge in [-0.3, -0.25) is 0 Å². The number of nitrogens with zero attached hydrogens (tertiary/aromatic N) is 2. The van der Waals surface area contributed by atoms with Gasteiger partial charge in [0.1, 0.15) is 0 Å². The van der Waals surface area contributed by atoms with Crippen molar-refractivity contribution < 1.29 is 0 Å². The molecule has 2 nitrogen and oxygen atoms in total. The average molecular weight is 268 g/mol. The second-order valence-corrected chi connectivity index (χ2v) is 6.40. The first-order valence-electron chi connectivity index (χ1n) is 6.47. The van der Waals surface area contributed by atoms with E-state index in [0.717, 1.165) is 0 Å². The Morgan fingerprint density at radius 2 is 0.938 bits per heavy atom. The van der Waals surface area contributed by atoms with E-state index in [1.165, 1.54) is 50.8 Å². The lowest BCUT2D eigenvalue weighted by atomic mass is 10.6. The Bertz CT molecular complexity index is 121. The molecule has 0 aliphatic carbocycles. The maximum Gasteiger partial charge on any atom is 0.0165 e. The van der Waals surface area contributed by atoms with Gasteiger partial charge >= 0.3 is 0 Å². The Morgan fingerprint density at radius 3 is 1.19 bits per heavy atom. The predicted molar refractivity (Wildman–Crippen MR) is 80.5 cm³/mol. The lowest BCUT2D eigenvalue weighted by Gasteiger charge is -2.18. The van der Waals surface area contributed by atoms with Crippen LogP contribution in [0.15, 0.2) is 0 Å². The summed E-state index contributed by atoms with van der Waals surface area (Å²) in [5, 5.41) is 0. The molecule has 0 heterocycles. The number of hydrogen-bond donors (Lipinski definition) is 0. The summed E-state index contributed by atoms with van der Waals surface area (Å²) in [6.07, 6.45) is 0. The van der Waals surface area contributed by atoms with Crippen LogP contribution in [0.5, 0.6) is 0 Å². The Kier molecular flexibility index (Phi) is 12.6. The Balaban J connectivity index is 3.26. The molecule has 0 aliphatic rings. The van der Waals surface area contributed by atoms with Gasteiger partial charge in [-0.05, 0) is 26.2 Å². The Morgan fingerprint density at radius 1 is 0.625 bits per heavy atom. The fourth-order valence-electron chi connectivity index (χ4n) is 1.53. The zero-order valence-corrected chi connectivity index (χ0v) is 13.0. The molecule has 4 heteroatoms. The molecule has 0 saturated carbocycles. The van der Waals surface area contributed by atoms with Crippen LogP contribution >= 0.6 is 21.6 Å². The molecule has 0 radical (unpaired) electrons. The molecule has 0 fully saturated rings. The zero-order chi connectivity index (χ0) is 12.2. The third-order valence-corrected chi connectivity index (χ3v) is 5.22. The molecule has 0 aromatic rings. The van der Waals surface area contributed by atoms with Crippen LogP contribution in [0.2, 0.25) is 0 Å². The normalized spacial score (nSPS) is 11.6. The maximum atomic E-state index is 2.48. The summed E-state index contributed by atoms with van der Waals surface area (Å²) < 4.78 is 0. The van der Waals surface area contributed by atoms with E-state index in [2.05, 4.69) is 37.5 Å². The highest BCUT2D eigenvalue weighted by molar-refractivity contribution is 8.76. The predicted octanol–water partition coefficient (Wildman–Crippen LogP) is 3.05. The van der Waals surface area contributed by atoms with Crippen molar-refractivity contribution in [3.63, 3.8) is 0 Å². The topological polar surface area (TPSA) is 6.48 Å². The molecule has 0 aromatic heterocycles. The zero-order valence-electron chi connectivity index (χ0n) is 11.4. The van der Waals surface area contributed by atoms with E-state index in [-0.39, 0.29) is 0 Å². The van der Waals surface area contributed by atoms with E-state index < -0.39 is 0 Å². The van der Waals surface area contributed by atoms with Crippen LogP contribution < -0.4 is 0 Å². The summed E-state index contributed by atoms with van der Waals surface area (Å²) in [7, 11) is 4.05. The van der Waals surface area contributed by atoms with Crippen molar-refractivity contribution in [2.45, 2.75) is 27.7 Å². The van der Waals surface area contributed by atoms with Gasteiger partial charge in [0, 0.05) is 24.6 Å². The quantitative estimate of drug-likeness (QED) is 0.323. The van der Waals surface area contributed by atoms with Gasteiger partial charge in [0.15, 0.2) is 0 Å². The number of hydrogen-bond acceptors (Lipinski definition) is 4. The van der Waals surface area contributed by atoms with Crippen molar-refractivity contribution >= 4 is 21.6 Å². The van der Waals surface area contributed by atoms with E-state index in [1.807, 2.05) is 21.6 Å². The maximum absolute atomic E-state index is 2.48. The van der Waals surface area contributed by atoms with Crippen molar-refractivity contribution in [3.05, 3.63) is 0 Å². The molecule has 0 amide bonds. The van der Waals surface area contributed by atoms with Gasteiger partial charge in [0.25, 0.3) is 0 Å². The summed E-state index contributed by atoms with van der Waals surface area (Å²) in [5.41, 5.74) is 0. The van der Waals surface area contributed by atoms with Gasteiger partial charge < -0.3 is 9.80 Å². The highest BCUT2D eigenvalue weighted by Crippen LogP contribution is 2.20. The third-order valence-electron chi connectivity index (χ3n) is 2.85. The van der Waals surface area contributed by atoms with Gasteiger partial charge in [0.2, 0.25) is 0 Å². The Hall–Kier alpha value is 0.620. The van der Waals surface area contributed by atoms with Crippen molar-refractivity contribution in [2.24, 2.45) is 0 Å². The molecule has 98 valence electrons. The minimum atomic E-state index is 1.18. The van der Waals surface area contributed by atoms with Crippen molar-refractivity contribution in [3.8, 4) is 0 Å². The second kappa shape index (κ2) is 12.1. The third kappa shape index (κ3) is 8.74. The lowest BCUT2D eigenvalue weighted by Crippen LogP contribution is -2.26. The van der Waals surface area contributed by atoms with Crippen LogP contribution in [0.4, 0.5) is 0 Å². The Labute approximate surface area is 110 Å². The molecule has 0 spiro atoms. The van der Waals surface area contributed by atoms with E-state index >= 15 is 0 Å². The molecular weight excluding hydrogens is 240 g/mol. The van der Waals surface area contributed by atoms with Crippen molar-refractivity contribution in [1.82, 2.24) is 9.80 Å². The molecule has 0 aliphatic heterocycles. The van der Waals surface area contributed by atoms with E-state index in [4.69, 9.17) is 0 Å². The first-order chi connectivity index (χ1) is 7.78. The summed E-state index contributed by atoms with van der Waals surface area (Å²) in [6, 6.07) is 0. The van der Waals surface area contributed by atoms with Crippen LogP contribution in [0, 0.1) is 0 Å². The van der Waals surface area contributed by atoms with E-state index in [1.54, 1.807) is 0 Å². The molecule has 0 atom stereocenters. The molecule has 0 unspecified atom stereocenters. The molecule has 0 rings (SSSR count). The summed E-state index contributed by atoms with van der Waals surface area (Å²) in [6.45, 7) is 16.1. The van der Waals surface area contributed by atoms with E-state index in [9.17, 15) is 0 Å². The lowest BCUT2D eigenvalue weighted by molar-refractivity contribution is 0.323. The monoisotopic (exact) mass is 268 g/mol. The standard InChI is InChI=1S/C12H28N2S2/c1-5-13(6-2)9-11-15-16-12-10-14(7-3)8-4/h5-12H2,1-4H3/i1+1,2+1,3+1,4+1. The van der Waals surface area contributed by atoms with Crippen LogP contribution in [-0.4, -0.2) is 60.6 Å². The summed E-state index contributed by atoms with van der Waals surface area (Å²) in [5.74, 6) is 2.51. The average Bonchev–Trinajstić information content (AvgIpc) is 2.33. The number of rotatable bonds is 11. The van der Waals surface area contributed by atoms with Crippen molar-refractivity contribution in [1.29, 1.82) is 0 Å². The van der Waals surface area contributed by atoms with Crippen LogP contribution in [0.3, 0.4) is 0 Å². The molecule has 16 heavy (non-hydrogen) atoms. The van der Waals surface area contributed by atoms with E-state index in [0.29, 0.717) is 0 Å². The minimum Gasteiger partial charge on any atom is -0.303 e. The summed E-state index contributed by atoms with van der Waals surface area (Å²) in [4.78, 5) is 4.97. The highest BCUT2D eigenvalue weighted by atomic mass is 33.1. The van der Waals surface area contributed by atoms with Gasteiger partial charge in [-0.15, -0.1) is 0 Å². The fraction of sp³-hybridized carbons (Fsp3) is 1.00. The van der Waals surface area contributed by atoms with Crippen LogP contribution in [0.25, 0.3) is 0 Å². The molecule has 0 saturated heterocycles. The van der Waals surface area contributed by atoms with Crippen LogP contribution in [0.1, 0.15) is 27.7 Å². The van der Waals surface area contributed by atoms with Gasteiger partial charge in [-0.25, -0.2) is 0 Å². The fourth-order valence-corrected chi connectivity index (χ4v) is 3.59.